The Morgan fingerprint density at radius 1 is 0.452 bits per heavy atom. The van der Waals surface area contributed by atoms with Crippen molar-refractivity contribution in [3.8, 4) is 0 Å². The summed E-state index contributed by atoms with van der Waals surface area (Å²) in [5.74, 6) is -0.690. The molecule has 0 aromatic carbocycles. The van der Waals surface area contributed by atoms with Crippen LogP contribution in [-0.4, -0.2) is 23.1 Å². The number of hydrogen-bond acceptors (Lipinski definition) is 4. The van der Waals surface area contributed by atoms with Gasteiger partial charge in [0.15, 0.2) is 0 Å². The van der Waals surface area contributed by atoms with Crippen molar-refractivity contribution >= 4 is 11.9 Å². The van der Waals surface area contributed by atoms with Gasteiger partial charge in [-0.15, -0.1) is 0 Å². The Bertz CT molecular complexity index is 556. The van der Waals surface area contributed by atoms with Crippen molar-refractivity contribution in [2.24, 2.45) is 0 Å². The van der Waals surface area contributed by atoms with Crippen molar-refractivity contribution in [1.29, 1.82) is 0 Å². The zero-order valence-electron chi connectivity index (χ0n) is 31.2. The third kappa shape index (κ3) is 38.3. The molecule has 0 aliphatic rings. The molecule has 0 heterocycles. The topological polar surface area (TPSA) is 63.6 Å². The molecule has 0 radical (unpaired) electrons. The van der Waals surface area contributed by atoms with E-state index in [1.54, 1.807) is 0 Å². The van der Waals surface area contributed by atoms with E-state index in [9.17, 15) is 14.7 Å². The zero-order chi connectivity index (χ0) is 29.4. The van der Waals surface area contributed by atoms with Crippen molar-refractivity contribution in [3.63, 3.8) is 0 Å². The van der Waals surface area contributed by atoms with Gasteiger partial charge in [-0.3, -0.25) is 9.59 Å². The van der Waals surface area contributed by atoms with Crippen molar-refractivity contribution in [1.82, 2.24) is 0 Å². The molecule has 0 saturated carbocycles. The maximum Gasteiger partial charge on any atom is 1.00 e. The monoisotopic (exact) mass is 583 g/mol. The van der Waals surface area contributed by atoms with E-state index in [2.05, 4.69) is 13.8 Å². The smallest absolute Gasteiger partial charge is 1.00 e. The van der Waals surface area contributed by atoms with Crippen LogP contribution in [0, 0.1) is 0 Å². The summed E-state index contributed by atoms with van der Waals surface area (Å²) in [6, 6.07) is 0. The van der Waals surface area contributed by atoms with Crippen LogP contribution in [0.25, 0.3) is 0 Å². The van der Waals surface area contributed by atoms with Crippen molar-refractivity contribution in [2.75, 3.05) is 0 Å². The first-order valence-electron chi connectivity index (χ1n) is 18.0. The van der Waals surface area contributed by atoms with E-state index in [0.717, 1.165) is 57.8 Å². The van der Waals surface area contributed by atoms with E-state index >= 15 is 0 Å². The molecule has 0 aromatic rings. The summed E-state index contributed by atoms with van der Waals surface area (Å²) < 4.78 is 5.00. The summed E-state index contributed by atoms with van der Waals surface area (Å²) in [6.07, 6.45) is 36.0. The maximum absolute atomic E-state index is 11.9. The SMILES string of the molecule is CCCCCCCCCCCCCCCCCC(=O)OC(=O)CCCCCCCCCCC(O)CCCCCC.[H-].[H-].[Li+].[Li+]. The molecule has 4 nitrogen and oxygen atoms in total. The van der Waals surface area contributed by atoms with E-state index in [-0.39, 0.29) is 58.6 Å². The molecule has 0 amide bonds. The van der Waals surface area contributed by atoms with E-state index in [1.165, 1.54) is 128 Å². The Kier molecular flexibility index (Phi) is 43.7. The van der Waals surface area contributed by atoms with Crippen LogP contribution in [-0.2, 0) is 14.3 Å². The largest absolute Gasteiger partial charge is 1.00 e. The number of carbonyl (C=O) groups is 2. The Labute approximate surface area is 289 Å². The molecule has 242 valence electrons. The second-order valence-corrected chi connectivity index (χ2v) is 12.4. The predicted octanol–water partition coefficient (Wildman–Crippen LogP) is 5.78. The van der Waals surface area contributed by atoms with Crippen LogP contribution in [0.3, 0.4) is 0 Å². The van der Waals surface area contributed by atoms with Crippen LogP contribution in [0.15, 0.2) is 0 Å². The molecular formula is C36H72Li2O4. The van der Waals surface area contributed by atoms with E-state index in [1.807, 2.05) is 0 Å². The number of ether oxygens (including phenoxy) is 1. The first kappa shape index (κ1) is 46.7. The number of unbranched alkanes of at least 4 members (excludes halogenated alkanes) is 24. The minimum atomic E-state index is -0.348. The molecular weight excluding hydrogens is 510 g/mol. The van der Waals surface area contributed by atoms with Gasteiger partial charge < -0.3 is 12.7 Å². The average molecular weight is 583 g/mol. The molecule has 6 heteroatoms. The second-order valence-electron chi connectivity index (χ2n) is 12.4. The van der Waals surface area contributed by atoms with Crippen LogP contribution >= 0.6 is 0 Å². The van der Waals surface area contributed by atoms with Crippen LogP contribution < -0.4 is 37.7 Å². The predicted molar refractivity (Wildman–Crippen MR) is 174 cm³/mol. The summed E-state index contributed by atoms with van der Waals surface area (Å²) >= 11 is 0. The van der Waals surface area contributed by atoms with Crippen molar-refractivity contribution in [2.45, 2.75) is 219 Å². The Hall–Kier alpha value is 0.295. The first-order valence-corrected chi connectivity index (χ1v) is 18.0. The van der Waals surface area contributed by atoms with Gasteiger partial charge in [-0.05, 0) is 25.7 Å². The summed E-state index contributed by atoms with van der Waals surface area (Å²) in [5.41, 5.74) is 0. The minimum Gasteiger partial charge on any atom is -1.00 e. The molecule has 1 unspecified atom stereocenters. The van der Waals surface area contributed by atoms with Crippen molar-refractivity contribution < 1.29 is 60.0 Å². The quantitative estimate of drug-likeness (QED) is 0.0473. The van der Waals surface area contributed by atoms with E-state index < -0.39 is 0 Å². The Morgan fingerprint density at radius 2 is 0.690 bits per heavy atom. The summed E-state index contributed by atoms with van der Waals surface area (Å²) in [4.78, 5) is 23.8. The molecule has 0 aromatic heterocycles. The summed E-state index contributed by atoms with van der Waals surface area (Å²) in [7, 11) is 0. The van der Waals surface area contributed by atoms with Gasteiger partial charge in [-0.2, -0.15) is 0 Å². The molecule has 0 spiro atoms. The van der Waals surface area contributed by atoms with Gasteiger partial charge in [0.25, 0.3) is 0 Å². The minimum absolute atomic E-state index is 0. The average Bonchev–Trinajstić information content (AvgIpc) is 2.94. The molecule has 0 fully saturated rings. The standard InChI is InChI=1S/C36H70O4.2Li.2H/c1-3-5-7-9-10-11-12-13-14-15-16-17-21-24-28-32-35(38)40-36(39)33-29-25-22-19-18-20-23-27-31-34(37)30-26-8-6-4-2;;;;/h34,37H,3-33H2,1-2H3;;;;/q;2*+1;2*-1. The van der Waals surface area contributed by atoms with Gasteiger partial charge in [-0.25, -0.2) is 0 Å². The molecule has 0 aliphatic heterocycles. The fourth-order valence-corrected chi connectivity index (χ4v) is 5.53. The van der Waals surface area contributed by atoms with Gasteiger partial charge in [-0.1, -0.05) is 174 Å². The third-order valence-electron chi connectivity index (χ3n) is 8.27. The van der Waals surface area contributed by atoms with Gasteiger partial charge in [0.2, 0.25) is 0 Å². The number of hydrogen-bond donors (Lipinski definition) is 1. The Morgan fingerprint density at radius 3 is 1.00 bits per heavy atom. The zero-order valence-corrected chi connectivity index (χ0v) is 29.2. The molecule has 1 N–H and O–H groups in total. The molecule has 1 atom stereocenters. The molecule has 0 bridgehead atoms. The number of aliphatic hydroxyl groups is 1. The van der Waals surface area contributed by atoms with Crippen molar-refractivity contribution in [3.05, 3.63) is 0 Å². The fraction of sp³-hybridized carbons (Fsp3) is 0.944. The number of aliphatic hydroxyl groups excluding tert-OH is 1. The number of esters is 2. The molecule has 0 rings (SSSR count). The summed E-state index contributed by atoms with van der Waals surface area (Å²) in [5, 5.41) is 10.0. The summed E-state index contributed by atoms with van der Waals surface area (Å²) in [6.45, 7) is 4.49. The van der Waals surface area contributed by atoms with Gasteiger partial charge in [0.05, 0.1) is 6.10 Å². The number of carbonyl (C=O) groups excluding carboxylic acids is 2. The molecule has 0 aliphatic carbocycles. The van der Waals surface area contributed by atoms with E-state index in [0.29, 0.717) is 12.8 Å². The van der Waals surface area contributed by atoms with E-state index in [4.69, 9.17) is 4.74 Å². The number of rotatable bonds is 32. The molecule has 42 heavy (non-hydrogen) atoms. The van der Waals surface area contributed by atoms with Crippen LogP contribution in [0.1, 0.15) is 216 Å². The first-order chi connectivity index (χ1) is 19.6. The van der Waals surface area contributed by atoms with Crippen LogP contribution in [0.5, 0.6) is 0 Å². The third-order valence-corrected chi connectivity index (χ3v) is 8.27. The second kappa shape index (κ2) is 39.3. The maximum atomic E-state index is 11.9. The van der Waals surface area contributed by atoms with Gasteiger partial charge in [0.1, 0.15) is 0 Å². The Balaban J connectivity index is -0.00000127. The van der Waals surface area contributed by atoms with Gasteiger partial charge >= 0.3 is 49.7 Å². The van der Waals surface area contributed by atoms with Crippen LogP contribution in [0.2, 0.25) is 0 Å². The van der Waals surface area contributed by atoms with Gasteiger partial charge in [0, 0.05) is 12.8 Å². The normalized spacial score (nSPS) is 11.5. The molecule has 0 saturated heterocycles. The van der Waals surface area contributed by atoms with Crippen LogP contribution in [0.4, 0.5) is 0 Å². The fourth-order valence-electron chi connectivity index (χ4n) is 5.53.